The summed E-state index contributed by atoms with van der Waals surface area (Å²) in [6.07, 6.45) is 2.92. The summed E-state index contributed by atoms with van der Waals surface area (Å²) in [7, 11) is 0. The van der Waals surface area contributed by atoms with Crippen LogP contribution in [0.3, 0.4) is 0 Å². The number of benzene rings is 1. The Balaban J connectivity index is 1.87. The Labute approximate surface area is 137 Å². The van der Waals surface area contributed by atoms with E-state index in [1.807, 2.05) is 32.0 Å². The first-order chi connectivity index (χ1) is 11.2. The Morgan fingerprint density at radius 1 is 1.09 bits per heavy atom. The minimum Gasteiger partial charge on any atom is -0.480 e. The van der Waals surface area contributed by atoms with E-state index in [2.05, 4.69) is 34.6 Å². The summed E-state index contributed by atoms with van der Waals surface area (Å²) in [5.41, 5.74) is 1.19. The van der Waals surface area contributed by atoms with Crippen molar-refractivity contribution in [1.29, 1.82) is 0 Å². The maximum atomic E-state index is 6.39. The molecule has 0 spiro atoms. The summed E-state index contributed by atoms with van der Waals surface area (Å²) in [6, 6.07) is 14.2. The molecule has 4 nitrogen and oxygen atoms in total. The van der Waals surface area contributed by atoms with Crippen molar-refractivity contribution in [2.24, 2.45) is 5.92 Å². The van der Waals surface area contributed by atoms with Crippen molar-refractivity contribution >= 4 is 0 Å². The lowest BCUT2D eigenvalue weighted by atomic mass is 9.95. The average Bonchev–Trinajstić information content (AvgIpc) is 3.08. The summed E-state index contributed by atoms with van der Waals surface area (Å²) in [4.78, 5) is 4.33. The molecule has 3 rings (SSSR count). The highest BCUT2D eigenvalue weighted by molar-refractivity contribution is 5.34. The van der Waals surface area contributed by atoms with Crippen LogP contribution in [0.4, 0.5) is 0 Å². The van der Waals surface area contributed by atoms with E-state index in [1.54, 1.807) is 6.20 Å². The van der Waals surface area contributed by atoms with Crippen LogP contribution in [0.25, 0.3) is 0 Å². The highest BCUT2D eigenvalue weighted by Crippen LogP contribution is 2.35. The van der Waals surface area contributed by atoms with Gasteiger partial charge in [0, 0.05) is 18.7 Å². The van der Waals surface area contributed by atoms with Crippen LogP contribution in [0, 0.1) is 5.92 Å². The number of hydrogen-bond acceptors (Lipinski definition) is 4. The van der Waals surface area contributed by atoms with Gasteiger partial charge in [0.05, 0.1) is 6.10 Å². The van der Waals surface area contributed by atoms with E-state index in [1.165, 1.54) is 5.56 Å². The molecule has 2 aromatic rings. The van der Waals surface area contributed by atoms with Crippen molar-refractivity contribution in [3.8, 4) is 11.6 Å². The largest absolute Gasteiger partial charge is 0.480 e. The molecule has 1 aromatic carbocycles. The normalized spacial score (nSPS) is 18.8. The van der Waals surface area contributed by atoms with Gasteiger partial charge in [0.2, 0.25) is 0 Å². The molecular formula is C19H24N2O2. The second-order valence-corrected chi connectivity index (χ2v) is 6.18. The fourth-order valence-electron chi connectivity index (χ4n) is 2.93. The van der Waals surface area contributed by atoms with Crippen molar-refractivity contribution < 1.29 is 9.47 Å². The number of nitrogens with zero attached hydrogens (tertiary/aromatic N) is 1. The summed E-state index contributed by atoms with van der Waals surface area (Å²) < 4.78 is 12.2. The maximum Gasteiger partial charge on any atom is 0.257 e. The molecule has 1 aliphatic heterocycles. The number of aromatic nitrogens is 1. The quantitative estimate of drug-likeness (QED) is 0.885. The van der Waals surface area contributed by atoms with E-state index < -0.39 is 0 Å². The van der Waals surface area contributed by atoms with Gasteiger partial charge in [-0.25, -0.2) is 4.98 Å². The molecule has 0 bridgehead atoms. The molecule has 0 radical (unpaired) electrons. The van der Waals surface area contributed by atoms with E-state index in [0.717, 1.165) is 19.5 Å². The predicted molar refractivity (Wildman–Crippen MR) is 90.8 cm³/mol. The van der Waals surface area contributed by atoms with Crippen molar-refractivity contribution in [3.63, 3.8) is 0 Å². The van der Waals surface area contributed by atoms with Crippen molar-refractivity contribution in [3.05, 3.63) is 54.2 Å². The fourth-order valence-corrected chi connectivity index (χ4v) is 2.93. The third kappa shape index (κ3) is 4.02. The molecule has 1 N–H and O–H groups in total. The van der Waals surface area contributed by atoms with Gasteiger partial charge in [0.1, 0.15) is 6.10 Å². The van der Waals surface area contributed by atoms with E-state index >= 15 is 0 Å². The molecule has 2 heterocycles. The summed E-state index contributed by atoms with van der Waals surface area (Å²) >= 11 is 0. The first kappa shape index (κ1) is 15.8. The average molecular weight is 312 g/mol. The number of ether oxygens (including phenoxy) is 2. The van der Waals surface area contributed by atoms with E-state index in [0.29, 0.717) is 17.5 Å². The van der Waals surface area contributed by atoms with Gasteiger partial charge in [0.25, 0.3) is 5.88 Å². The van der Waals surface area contributed by atoms with Crippen LogP contribution < -0.4 is 14.8 Å². The fraction of sp³-hybridized carbons (Fsp3) is 0.421. The molecule has 0 aliphatic carbocycles. The molecule has 2 unspecified atom stereocenters. The van der Waals surface area contributed by atoms with Gasteiger partial charge in [-0.3, -0.25) is 0 Å². The lowest BCUT2D eigenvalue weighted by Crippen LogP contribution is -2.22. The lowest BCUT2D eigenvalue weighted by Gasteiger charge is -2.25. The van der Waals surface area contributed by atoms with Gasteiger partial charge < -0.3 is 14.8 Å². The Kier molecular flexibility index (Phi) is 5.13. The zero-order chi connectivity index (χ0) is 16.1. The molecule has 0 amide bonds. The highest BCUT2D eigenvalue weighted by atomic mass is 16.5. The van der Waals surface area contributed by atoms with Crippen LogP contribution in [-0.4, -0.2) is 24.2 Å². The number of nitrogens with one attached hydrogen (secondary N) is 1. The molecular weight excluding hydrogens is 288 g/mol. The summed E-state index contributed by atoms with van der Waals surface area (Å²) in [5, 5.41) is 3.43. The summed E-state index contributed by atoms with van der Waals surface area (Å²) in [5.74, 6) is 1.72. The second kappa shape index (κ2) is 7.47. The minimum absolute atomic E-state index is 0.00455. The van der Waals surface area contributed by atoms with Crippen molar-refractivity contribution in [1.82, 2.24) is 10.3 Å². The monoisotopic (exact) mass is 312 g/mol. The standard InChI is InChI=1S/C19H24N2O2/c1-14(2)22-19-17(9-6-11-21-19)23-18(16-10-12-20-13-16)15-7-4-3-5-8-15/h3-9,11,14,16,18,20H,10,12-13H2,1-2H3. The topological polar surface area (TPSA) is 43.4 Å². The van der Waals surface area contributed by atoms with Crippen LogP contribution >= 0.6 is 0 Å². The minimum atomic E-state index is 0.00455. The number of hydrogen-bond donors (Lipinski definition) is 1. The third-order valence-electron chi connectivity index (χ3n) is 3.99. The molecule has 1 aliphatic rings. The van der Waals surface area contributed by atoms with Crippen LogP contribution in [-0.2, 0) is 0 Å². The first-order valence-electron chi connectivity index (χ1n) is 8.28. The Bertz CT molecular complexity index is 610. The molecule has 4 heteroatoms. The van der Waals surface area contributed by atoms with Crippen LogP contribution in [0.15, 0.2) is 48.7 Å². The predicted octanol–water partition coefficient (Wildman–Crippen LogP) is 3.60. The lowest BCUT2D eigenvalue weighted by molar-refractivity contribution is 0.130. The van der Waals surface area contributed by atoms with Gasteiger partial charge in [0.15, 0.2) is 5.75 Å². The van der Waals surface area contributed by atoms with Crippen LogP contribution in [0.2, 0.25) is 0 Å². The Morgan fingerprint density at radius 2 is 1.91 bits per heavy atom. The van der Waals surface area contributed by atoms with Gasteiger partial charge in [-0.05, 0) is 44.5 Å². The molecule has 2 atom stereocenters. The van der Waals surface area contributed by atoms with Crippen LogP contribution in [0.5, 0.6) is 11.6 Å². The van der Waals surface area contributed by atoms with Crippen molar-refractivity contribution in [2.45, 2.75) is 32.5 Å². The maximum absolute atomic E-state index is 6.39. The highest BCUT2D eigenvalue weighted by Gasteiger charge is 2.29. The van der Waals surface area contributed by atoms with Gasteiger partial charge in [-0.15, -0.1) is 0 Å². The number of pyridine rings is 1. The first-order valence-corrected chi connectivity index (χ1v) is 8.28. The molecule has 0 saturated carbocycles. The van der Waals surface area contributed by atoms with Crippen LogP contribution in [0.1, 0.15) is 31.9 Å². The second-order valence-electron chi connectivity index (χ2n) is 6.18. The van der Waals surface area contributed by atoms with Gasteiger partial charge >= 0.3 is 0 Å². The molecule has 122 valence electrons. The Hall–Kier alpha value is -2.07. The van der Waals surface area contributed by atoms with Gasteiger partial charge in [-0.2, -0.15) is 0 Å². The molecule has 1 saturated heterocycles. The van der Waals surface area contributed by atoms with E-state index in [-0.39, 0.29) is 12.2 Å². The van der Waals surface area contributed by atoms with Gasteiger partial charge in [-0.1, -0.05) is 30.3 Å². The van der Waals surface area contributed by atoms with E-state index in [4.69, 9.17) is 9.47 Å². The molecule has 23 heavy (non-hydrogen) atoms. The third-order valence-corrected chi connectivity index (χ3v) is 3.99. The smallest absolute Gasteiger partial charge is 0.257 e. The van der Waals surface area contributed by atoms with E-state index in [9.17, 15) is 0 Å². The zero-order valence-corrected chi connectivity index (χ0v) is 13.7. The molecule has 1 fully saturated rings. The summed E-state index contributed by atoms with van der Waals surface area (Å²) in [6.45, 7) is 6.00. The number of rotatable bonds is 6. The SMILES string of the molecule is CC(C)Oc1ncccc1OC(c1ccccc1)C1CCNC1. The van der Waals surface area contributed by atoms with Crippen molar-refractivity contribution in [2.75, 3.05) is 13.1 Å². The zero-order valence-electron chi connectivity index (χ0n) is 13.7. The Morgan fingerprint density at radius 3 is 2.61 bits per heavy atom. The molecule has 1 aromatic heterocycles.